The molecule has 0 radical (unpaired) electrons. The number of hydrogen-bond donors (Lipinski definition) is 3. The Kier molecular flexibility index (Phi) is 8.12. The van der Waals surface area contributed by atoms with E-state index in [0.717, 1.165) is 13.0 Å². The van der Waals surface area contributed by atoms with Gasteiger partial charge in [0.05, 0.1) is 5.02 Å². The highest BCUT2D eigenvalue weighted by molar-refractivity contribution is 6.32. The third-order valence-electron chi connectivity index (χ3n) is 2.77. The highest BCUT2D eigenvalue weighted by Crippen LogP contribution is 2.25. The van der Waals surface area contributed by atoms with E-state index in [2.05, 4.69) is 17.6 Å². The first-order valence-corrected chi connectivity index (χ1v) is 7.55. The Morgan fingerprint density at radius 3 is 2.81 bits per heavy atom. The number of aliphatic hydroxyl groups is 1. The van der Waals surface area contributed by atoms with E-state index < -0.39 is 6.10 Å². The van der Waals surface area contributed by atoms with Gasteiger partial charge in [-0.3, -0.25) is 4.79 Å². The fraction of sp³-hybridized carbons (Fsp3) is 0.533. The summed E-state index contributed by atoms with van der Waals surface area (Å²) in [6, 6.07) is 4.84. The number of ether oxygens (including phenoxy) is 1. The molecule has 1 aromatic rings. The van der Waals surface area contributed by atoms with Gasteiger partial charge >= 0.3 is 0 Å². The summed E-state index contributed by atoms with van der Waals surface area (Å²) in [5, 5.41) is 15.9. The second-order valence-corrected chi connectivity index (χ2v) is 5.08. The Morgan fingerprint density at radius 2 is 2.19 bits per heavy atom. The van der Waals surface area contributed by atoms with Gasteiger partial charge < -0.3 is 20.5 Å². The van der Waals surface area contributed by atoms with E-state index in [1.165, 1.54) is 0 Å². The van der Waals surface area contributed by atoms with Crippen molar-refractivity contribution in [1.29, 1.82) is 0 Å². The van der Waals surface area contributed by atoms with E-state index in [1.807, 2.05) is 6.92 Å². The van der Waals surface area contributed by atoms with Crippen LogP contribution in [0.3, 0.4) is 0 Å². The summed E-state index contributed by atoms with van der Waals surface area (Å²) in [5.41, 5.74) is 0.486. The van der Waals surface area contributed by atoms with Crippen LogP contribution in [0.1, 0.15) is 30.6 Å². The molecule has 0 aromatic heterocycles. The molecule has 0 aliphatic carbocycles. The summed E-state index contributed by atoms with van der Waals surface area (Å²) >= 11 is 6.08. The monoisotopic (exact) mass is 314 g/mol. The molecule has 21 heavy (non-hydrogen) atoms. The van der Waals surface area contributed by atoms with Gasteiger partial charge in [-0.15, -0.1) is 0 Å². The van der Waals surface area contributed by atoms with Crippen LogP contribution < -0.4 is 15.4 Å². The maximum Gasteiger partial charge on any atom is 0.251 e. The molecule has 0 spiro atoms. The van der Waals surface area contributed by atoms with Gasteiger partial charge in [-0.25, -0.2) is 0 Å². The maximum atomic E-state index is 11.7. The average molecular weight is 315 g/mol. The van der Waals surface area contributed by atoms with Gasteiger partial charge in [-0.1, -0.05) is 18.5 Å². The van der Waals surface area contributed by atoms with Crippen molar-refractivity contribution in [3.8, 4) is 5.75 Å². The lowest BCUT2D eigenvalue weighted by molar-refractivity contribution is 0.0955. The quantitative estimate of drug-likeness (QED) is 0.608. The summed E-state index contributed by atoms with van der Waals surface area (Å²) in [4.78, 5) is 11.7. The van der Waals surface area contributed by atoms with Crippen molar-refractivity contribution in [1.82, 2.24) is 10.6 Å². The number of amides is 1. The maximum absolute atomic E-state index is 11.7. The molecular weight excluding hydrogens is 292 g/mol. The third kappa shape index (κ3) is 6.33. The first kappa shape index (κ1) is 17.8. The molecule has 1 rings (SSSR count). The lowest BCUT2D eigenvalue weighted by atomic mass is 10.2. The normalized spacial score (nSPS) is 12.0. The van der Waals surface area contributed by atoms with Gasteiger partial charge in [0.1, 0.15) is 18.5 Å². The van der Waals surface area contributed by atoms with E-state index in [1.54, 1.807) is 18.2 Å². The Labute approximate surface area is 130 Å². The van der Waals surface area contributed by atoms with E-state index >= 15 is 0 Å². The molecule has 0 bridgehead atoms. The molecule has 1 amide bonds. The van der Waals surface area contributed by atoms with Crippen LogP contribution in [0.15, 0.2) is 18.2 Å². The molecule has 5 nitrogen and oxygen atoms in total. The molecule has 1 aromatic carbocycles. The molecule has 6 heteroatoms. The average Bonchev–Trinajstić information content (AvgIpc) is 2.46. The van der Waals surface area contributed by atoms with Crippen LogP contribution in [0.25, 0.3) is 0 Å². The third-order valence-corrected chi connectivity index (χ3v) is 3.06. The summed E-state index contributed by atoms with van der Waals surface area (Å²) in [5.74, 6) is 0.286. The van der Waals surface area contributed by atoms with E-state index in [4.69, 9.17) is 16.3 Å². The summed E-state index contributed by atoms with van der Waals surface area (Å²) in [7, 11) is 0. The molecule has 118 valence electrons. The van der Waals surface area contributed by atoms with Gasteiger partial charge in [0.15, 0.2) is 0 Å². The van der Waals surface area contributed by atoms with E-state index in [0.29, 0.717) is 29.4 Å². The van der Waals surface area contributed by atoms with Crippen molar-refractivity contribution in [2.24, 2.45) is 0 Å². The zero-order valence-electron chi connectivity index (χ0n) is 12.5. The fourth-order valence-electron chi connectivity index (χ4n) is 1.71. The lowest BCUT2D eigenvalue weighted by Gasteiger charge is -2.14. The molecule has 0 fully saturated rings. The molecule has 1 atom stereocenters. The SMILES string of the molecule is CCCNC[C@H](O)COc1ccc(C(=O)NCC)cc1Cl. The van der Waals surface area contributed by atoms with Crippen molar-refractivity contribution >= 4 is 17.5 Å². The second-order valence-electron chi connectivity index (χ2n) is 4.67. The predicted octanol–water partition coefficient (Wildman–Crippen LogP) is 1.83. The highest BCUT2D eigenvalue weighted by Gasteiger charge is 2.10. The first-order chi connectivity index (χ1) is 10.1. The molecule has 0 saturated heterocycles. The topological polar surface area (TPSA) is 70.6 Å². The van der Waals surface area contributed by atoms with Gasteiger partial charge in [-0.05, 0) is 38.1 Å². The van der Waals surface area contributed by atoms with Crippen LogP contribution in [0.4, 0.5) is 0 Å². The van der Waals surface area contributed by atoms with Crippen LogP contribution >= 0.6 is 11.6 Å². The van der Waals surface area contributed by atoms with Crippen LogP contribution in [0.5, 0.6) is 5.75 Å². The van der Waals surface area contributed by atoms with Gasteiger partial charge in [0, 0.05) is 18.7 Å². The minimum Gasteiger partial charge on any atom is -0.489 e. The second kappa shape index (κ2) is 9.60. The summed E-state index contributed by atoms with van der Waals surface area (Å²) in [6.45, 7) is 5.96. The smallest absolute Gasteiger partial charge is 0.251 e. The first-order valence-electron chi connectivity index (χ1n) is 7.17. The molecule has 0 aliphatic rings. The zero-order chi connectivity index (χ0) is 15.7. The Bertz CT molecular complexity index is 455. The van der Waals surface area contributed by atoms with Crippen LogP contribution in [0.2, 0.25) is 5.02 Å². The highest BCUT2D eigenvalue weighted by atomic mass is 35.5. The predicted molar refractivity (Wildman–Crippen MR) is 84.1 cm³/mol. The largest absolute Gasteiger partial charge is 0.489 e. The molecule has 0 unspecified atom stereocenters. The van der Waals surface area contributed by atoms with Crippen LogP contribution in [0, 0.1) is 0 Å². The number of carbonyl (C=O) groups excluding carboxylic acids is 1. The van der Waals surface area contributed by atoms with Crippen molar-refractivity contribution in [2.75, 3.05) is 26.2 Å². The van der Waals surface area contributed by atoms with Crippen molar-refractivity contribution < 1.29 is 14.6 Å². The molecular formula is C15H23ClN2O3. The molecule has 0 saturated carbocycles. The number of carbonyl (C=O) groups is 1. The Balaban J connectivity index is 2.51. The van der Waals surface area contributed by atoms with Crippen molar-refractivity contribution in [3.05, 3.63) is 28.8 Å². The zero-order valence-corrected chi connectivity index (χ0v) is 13.2. The fourth-order valence-corrected chi connectivity index (χ4v) is 1.95. The summed E-state index contributed by atoms with van der Waals surface area (Å²) in [6.07, 6.45) is 0.413. The van der Waals surface area contributed by atoms with Crippen LogP contribution in [-0.2, 0) is 0 Å². The Morgan fingerprint density at radius 1 is 1.43 bits per heavy atom. The Hall–Kier alpha value is -1.30. The number of rotatable bonds is 9. The number of benzene rings is 1. The molecule has 0 heterocycles. The lowest BCUT2D eigenvalue weighted by Crippen LogP contribution is -2.31. The van der Waals surface area contributed by atoms with Crippen molar-refractivity contribution in [3.63, 3.8) is 0 Å². The molecule has 0 aliphatic heterocycles. The van der Waals surface area contributed by atoms with E-state index in [9.17, 15) is 9.90 Å². The minimum atomic E-state index is -0.601. The number of nitrogens with one attached hydrogen (secondary N) is 2. The number of hydrogen-bond acceptors (Lipinski definition) is 4. The van der Waals surface area contributed by atoms with Crippen molar-refractivity contribution in [2.45, 2.75) is 26.4 Å². The number of halogens is 1. The van der Waals surface area contributed by atoms with Gasteiger partial charge in [-0.2, -0.15) is 0 Å². The molecule has 3 N–H and O–H groups in total. The van der Waals surface area contributed by atoms with E-state index in [-0.39, 0.29) is 12.5 Å². The number of aliphatic hydroxyl groups excluding tert-OH is 1. The van der Waals surface area contributed by atoms with Gasteiger partial charge in [0.2, 0.25) is 0 Å². The standard InChI is InChI=1S/C15H23ClN2O3/c1-3-7-17-9-12(19)10-21-14-6-5-11(8-13(14)16)15(20)18-4-2/h5-6,8,12,17,19H,3-4,7,9-10H2,1-2H3,(H,18,20)/t12-/m0/s1. The minimum absolute atomic E-state index is 0.150. The summed E-state index contributed by atoms with van der Waals surface area (Å²) < 4.78 is 5.47. The van der Waals surface area contributed by atoms with Gasteiger partial charge in [0.25, 0.3) is 5.91 Å². The van der Waals surface area contributed by atoms with Crippen LogP contribution in [-0.4, -0.2) is 43.4 Å².